The van der Waals surface area contributed by atoms with Crippen molar-refractivity contribution in [3.63, 3.8) is 0 Å². The maximum atomic E-state index is 13.5. The first-order valence-electron chi connectivity index (χ1n) is 6.45. The summed E-state index contributed by atoms with van der Waals surface area (Å²) in [6.07, 6.45) is 0. The summed E-state index contributed by atoms with van der Waals surface area (Å²) in [6.45, 7) is 1.25. The third-order valence-electron chi connectivity index (χ3n) is 2.90. The molecule has 0 radical (unpaired) electrons. The first kappa shape index (κ1) is 16.0. The maximum Gasteiger partial charge on any atom is 0.338 e. The molecule has 114 valence electrons. The van der Waals surface area contributed by atoms with Gasteiger partial charge in [-0.3, -0.25) is 4.79 Å². The van der Waals surface area contributed by atoms with Crippen LogP contribution in [0.4, 0.5) is 10.1 Å². The van der Waals surface area contributed by atoms with Crippen LogP contribution in [0.3, 0.4) is 0 Å². The Morgan fingerprint density at radius 3 is 2.68 bits per heavy atom. The number of aryl methyl sites for hydroxylation is 1. The summed E-state index contributed by atoms with van der Waals surface area (Å²) in [5, 5.41) is 2.58. The molecule has 4 nitrogen and oxygen atoms in total. The van der Waals surface area contributed by atoms with Gasteiger partial charge < -0.3 is 10.1 Å². The maximum absolute atomic E-state index is 13.5. The largest absolute Gasteiger partial charge is 0.452 e. The third kappa shape index (κ3) is 4.05. The minimum atomic E-state index is -0.650. The molecule has 0 aliphatic carbocycles. The van der Waals surface area contributed by atoms with E-state index in [1.54, 1.807) is 31.2 Å². The van der Waals surface area contributed by atoms with Crippen molar-refractivity contribution in [1.29, 1.82) is 0 Å². The summed E-state index contributed by atoms with van der Waals surface area (Å²) in [7, 11) is 0. The van der Waals surface area contributed by atoms with Crippen LogP contribution in [0.2, 0.25) is 5.02 Å². The number of esters is 1. The summed E-state index contributed by atoms with van der Waals surface area (Å²) >= 11 is 5.72. The monoisotopic (exact) mass is 321 g/mol. The molecule has 0 aliphatic heterocycles. The van der Waals surface area contributed by atoms with Crippen molar-refractivity contribution in [3.05, 3.63) is 64.4 Å². The Kier molecular flexibility index (Phi) is 5.12. The van der Waals surface area contributed by atoms with Gasteiger partial charge in [0.05, 0.1) is 11.3 Å². The van der Waals surface area contributed by atoms with E-state index in [1.807, 2.05) is 0 Å². The van der Waals surface area contributed by atoms with E-state index in [1.165, 1.54) is 12.1 Å². The lowest BCUT2D eigenvalue weighted by Gasteiger charge is -2.08. The van der Waals surface area contributed by atoms with Gasteiger partial charge in [-0.25, -0.2) is 9.18 Å². The lowest BCUT2D eigenvalue weighted by atomic mass is 10.1. The molecular weight excluding hydrogens is 309 g/mol. The molecule has 2 aromatic carbocycles. The highest BCUT2D eigenvalue weighted by atomic mass is 35.5. The zero-order chi connectivity index (χ0) is 16.1. The molecule has 2 aromatic rings. The molecule has 0 unspecified atom stereocenters. The topological polar surface area (TPSA) is 55.4 Å². The molecule has 22 heavy (non-hydrogen) atoms. The minimum absolute atomic E-state index is 0.0653. The number of amides is 1. The molecule has 6 heteroatoms. The molecule has 1 N–H and O–H groups in total. The van der Waals surface area contributed by atoms with Crippen LogP contribution in [0.25, 0.3) is 0 Å². The van der Waals surface area contributed by atoms with Crippen LogP contribution < -0.4 is 5.32 Å². The average molecular weight is 322 g/mol. The molecule has 0 fully saturated rings. The predicted molar refractivity (Wildman–Crippen MR) is 81.5 cm³/mol. The summed E-state index contributed by atoms with van der Waals surface area (Å²) < 4.78 is 18.4. The first-order chi connectivity index (χ1) is 10.5. The van der Waals surface area contributed by atoms with Crippen molar-refractivity contribution in [2.24, 2.45) is 0 Å². The van der Waals surface area contributed by atoms with E-state index in [9.17, 15) is 14.0 Å². The van der Waals surface area contributed by atoms with Crippen molar-refractivity contribution in [2.75, 3.05) is 11.9 Å². The standard InChI is InChI=1S/C16H13ClFNO3/c1-10-4-2-3-5-12(10)16(21)22-9-15(20)19-14-8-11(17)6-7-13(14)18/h2-8H,9H2,1H3,(H,19,20). The van der Waals surface area contributed by atoms with Crippen molar-refractivity contribution < 1.29 is 18.7 Å². The van der Waals surface area contributed by atoms with Crippen LogP contribution >= 0.6 is 11.6 Å². The van der Waals surface area contributed by atoms with Crippen LogP contribution in [-0.2, 0) is 9.53 Å². The highest BCUT2D eigenvalue weighted by molar-refractivity contribution is 6.30. The predicted octanol–water partition coefficient (Wildman–Crippen LogP) is 3.58. The average Bonchev–Trinajstić information content (AvgIpc) is 2.49. The van der Waals surface area contributed by atoms with Crippen molar-refractivity contribution in [1.82, 2.24) is 0 Å². The number of ether oxygens (including phenoxy) is 1. The van der Waals surface area contributed by atoms with E-state index in [-0.39, 0.29) is 10.7 Å². The number of nitrogens with one attached hydrogen (secondary N) is 1. The van der Waals surface area contributed by atoms with Gasteiger partial charge in [0.25, 0.3) is 5.91 Å². The second-order valence-electron chi connectivity index (χ2n) is 4.56. The van der Waals surface area contributed by atoms with Gasteiger partial charge in [-0.15, -0.1) is 0 Å². The van der Waals surface area contributed by atoms with Crippen molar-refractivity contribution in [3.8, 4) is 0 Å². The Morgan fingerprint density at radius 2 is 1.95 bits per heavy atom. The van der Waals surface area contributed by atoms with Crippen LogP contribution in [0, 0.1) is 12.7 Å². The number of anilines is 1. The highest BCUT2D eigenvalue weighted by Gasteiger charge is 2.13. The van der Waals surface area contributed by atoms with Crippen LogP contribution in [-0.4, -0.2) is 18.5 Å². The zero-order valence-corrected chi connectivity index (χ0v) is 12.5. The van der Waals surface area contributed by atoms with Crippen LogP contribution in [0.1, 0.15) is 15.9 Å². The molecule has 0 spiro atoms. The number of carbonyl (C=O) groups is 2. The third-order valence-corrected chi connectivity index (χ3v) is 3.14. The molecule has 0 aliphatic rings. The normalized spacial score (nSPS) is 10.1. The van der Waals surface area contributed by atoms with E-state index in [0.717, 1.165) is 11.6 Å². The number of hydrogen-bond acceptors (Lipinski definition) is 3. The fraction of sp³-hybridized carbons (Fsp3) is 0.125. The van der Waals surface area contributed by atoms with E-state index in [2.05, 4.69) is 5.32 Å². The number of rotatable bonds is 4. The summed E-state index contributed by atoms with van der Waals surface area (Å²) in [6, 6.07) is 10.6. The van der Waals surface area contributed by atoms with Crippen molar-refractivity contribution >= 4 is 29.2 Å². The Labute approximate surface area is 131 Å². The van der Waals surface area contributed by atoms with E-state index in [4.69, 9.17) is 16.3 Å². The molecule has 0 bridgehead atoms. The zero-order valence-electron chi connectivity index (χ0n) is 11.7. The quantitative estimate of drug-likeness (QED) is 0.876. The second-order valence-corrected chi connectivity index (χ2v) is 5.00. The Balaban J connectivity index is 1.94. The fourth-order valence-electron chi connectivity index (χ4n) is 1.79. The van der Waals surface area contributed by atoms with Crippen LogP contribution in [0.5, 0.6) is 0 Å². The number of carbonyl (C=O) groups excluding carboxylic acids is 2. The van der Waals surface area contributed by atoms with Crippen molar-refractivity contribution in [2.45, 2.75) is 6.92 Å². The first-order valence-corrected chi connectivity index (χ1v) is 6.83. The fourth-order valence-corrected chi connectivity index (χ4v) is 1.96. The van der Waals surface area contributed by atoms with Gasteiger partial charge in [0, 0.05) is 5.02 Å². The number of hydrogen-bond donors (Lipinski definition) is 1. The van der Waals surface area contributed by atoms with Gasteiger partial charge in [-0.2, -0.15) is 0 Å². The molecule has 0 saturated heterocycles. The summed E-state index contributed by atoms with van der Waals surface area (Å²) in [5.41, 5.74) is 1.06. The lowest BCUT2D eigenvalue weighted by Crippen LogP contribution is -2.21. The lowest BCUT2D eigenvalue weighted by molar-refractivity contribution is -0.119. The van der Waals surface area contributed by atoms with E-state index < -0.39 is 24.3 Å². The van der Waals surface area contributed by atoms with E-state index >= 15 is 0 Å². The highest BCUT2D eigenvalue weighted by Crippen LogP contribution is 2.19. The molecular formula is C16H13ClFNO3. The molecule has 2 rings (SSSR count). The van der Waals surface area contributed by atoms with Crippen LogP contribution in [0.15, 0.2) is 42.5 Å². The Hall–Kier alpha value is -2.40. The molecule has 0 heterocycles. The number of benzene rings is 2. The molecule has 0 atom stereocenters. The van der Waals surface area contributed by atoms with Gasteiger partial charge >= 0.3 is 5.97 Å². The minimum Gasteiger partial charge on any atom is -0.452 e. The van der Waals surface area contributed by atoms with Gasteiger partial charge in [-0.1, -0.05) is 29.8 Å². The molecule has 0 saturated carbocycles. The van der Waals surface area contributed by atoms with E-state index in [0.29, 0.717) is 5.56 Å². The Bertz CT molecular complexity index is 718. The summed E-state index contributed by atoms with van der Waals surface area (Å²) in [5.74, 6) is -1.88. The van der Waals surface area contributed by atoms with Gasteiger partial charge in [0.1, 0.15) is 5.82 Å². The van der Waals surface area contributed by atoms with Gasteiger partial charge in [0.2, 0.25) is 0 Å². The van der Waals surface area contributed by atoms with Gasteiger partial charge in [0.15, 0.2) is 6.61 Å². The SMILES string of the molecule is Cc1ccccc1C(=O)OCC(=O)Nc1cc(Cl)ccc1F. The van der Waals surface area contributed by atoms with Gasteiger partial charge in [-0.05, 0) is 36.8 Å². The second kappa shape index (κ2) is 7.04. The molecule has 1 amide bonds. The number of halogens is 2. The smallest absolute Gasteiger partial charge is 0.338 e. The summed E-state index contributed by atoms with van der Waals surface area (Å²) in [4.78, 5) is 23.5. The molecule has 0 aromatic heterocycles. The Morgan fingerprint density at radius 1 is 1.23 bits per heavy atom.